The molecule has 2 atom stereocenters. The van der Waals surface area contributed by atoms with Crippen LogP contribution >= 0.6 is 11.8 Å². The molecule has 0 saturated carbocycles. The zero-order valence-corrected chi connectivity index (χ0v) is 11.4. The number of aromatic nitrogens is 3. The van der Waals surface area contributed by atoms with Crippen molar-refractivity contribution in [3.05, 3.63) is 11.9 Å². The number of hydrogen-bond acceptors (Lipinski definition) is 5. The molecule has 0 unspecified atom stereocenters. The lowest BCUT2D eigenvalue weighted by Gasteiger charge is -2.46. The molecule has 8 heteroatoms. The predicted octanol–water partition coefficient (Wildman–Crippen LogP) is 0.254. The molecule has 3 heterocycles. The van der Waals surface area contributed by atoms with Gasteiger partial charge in [-0.2, -0.15) is 15.4 Å². The van der Waals surface area contributed by atoms with E-state index in [0.717, 1.165) is 0 Å². The fraction of sp³-hybridized carbons (Fsp3) is 0.636. The van der Waals surface area contributed by atoms with E-state index in [0.29, 0.717) is 12.1 Å². The minimum atomic E-state index is -1.26. The molecule has 0 bridgehead atoms. The minimum Gasteiger partial charge on any atom is -0.479 e. The van der Waals surface area contributed by atoms with Crippen molar-refractivity contribution in [1.29, 1.82) is 0 Å². The summed E-state index contributed by atoms with van der Waals surface area (Å²) in [4.78, 5) is 25.3. The molecule has 0 aliphatic carbocycles. The number of rotatable bonds is 3. The monoisotopic (exact) mass is 282 g/mol. The Bertz CT molecular complexity index is 544. The Morgan fingerprint density at radius 2 is 2.42 bits per heavy atom. The fourth-order valence-electron chi connectivity index (χ4n) is 2.97. The number of hydrogen-bond donors (Lipinski definition) is 2. The van der Waals surface area contributed by atoms with Crippen LogP contribution in [-0.4, -0.2) is 53.0 Å². The summed E-state index contributed by atoms with van der Waals surface area (Å²) >= 11 is 1.54. The number of fused-ring (bicyclic) bond motifs is 1. The molecule has 7 nitrogen and oxygen atoms in total. The van der Waals surface area contributed by atoms with E-state index in [2.05, 4.69) is 15.4 Å². The van der Waals surface area contributed by atoms with Gasteiger partial charge < -0.3 is 10.0 Å². The van der Waals surface area contributed by atoms with Crippen molar-refractivity contribution in [2.45, 2.75) is 42.3 Å². The molecule has 2 aliphatic heterocycles. The summed E-state index contributed by atoms with van der Waals surface area (Å²) < 4.78 is -0.575. The van der Waals surface area contributed by atoms with Crippen LogP contribution in [0.15, 0.2) is 6.20 Å². The smallest absolute Gasteiger partial charge is 0.331 e. The van der Waals surface area contributed by atoms with Crippen LogP contribution in [0.2, 0.25) is 0 Å². The van der Waals surface area contributed by atoms with Crippen molar-refractivity contribution in [3.8, 4) is 0 Å². The van der Waals surface area contributed by atoms with Crippen molar-refractivity contribution < 1.29 is 14.7 Å². The van der Waals surface area contributed by atoms with Crippen molar-refractivity contribution in [1.82, 2.24) is 20.3 Å². The highest BCUT2D eigenvalue weighted by molar-refractivity contribution is 8.01. The third kappa shape index (κ3) is 1.46. The quantitative estimate of drug-likeness (QED) is 0.771. The molecule has 3 rings (SSSR count). The molecule has 0 aromatic carbocycles. The van der Waals surface area contributed by atoms with Gasteiger partial charge in [0.1, 0.15) is 0 Å². The normalized spacial score (nSPS) is 32.0. The van der Waals surface area contributed by atoms with Gasteiger partial charge >= 0.3 is 5.97 Å². The summed E-state index contributed by atoms with van der Waals surface area (Å²) in [5.74, 6) is -1.09. The van der Waals surface area contributed by atoms with Gasteiger partial charge in [-0.3, -0.25) is 4.79 Å². The molecule has 2 saturated heterocycles. The van der Waals surface area contributed by atoms with E-state index in [1.165, 1.54) is 11.1 Å². The molecular weight excluding hydrogens is 268 g/mol. The highest BCUT2D eigenvalue weighted by Gasteiger charge is 2.69. The molecule has 0 spiro atoms. The number of H-pyrrole nitrogens is 1. The third-order valence-electron chi connectivity index (χ3n) is 4.00. The van der Waals surface area contributed by atoms with Crippen LogP contribution < -0.4 is 0 Å². The molecule has 2 N–H and O–H groups in total. The van der Waals surface area contributed by atoms with Gasteiger partial charge in [0.05, 0.1) is 23.7 Å². The molecule has 19 heavy (non-hydrogen) atoms. The third-order valence-corrected chi connectivity index (χ3v) is 5.58. The highest BCUT2D eigenvalue weighted by atomic mass is 32.2. The molecule has 2 aliphatic rings. The van der Waals surface area contributed by atoms with Gasteiger partial charge in [-0.25, -0.2) is 4.79 Å². The number of amides is 1. The van der Waals surface area contributed by atoms with Gasteiger partial charge in [-0.15, -0.1) is 11.8 Å². The molecular formula is C11H14N4O3S. The lowest BCUT2D eigenvalue weighted by Crippen LogP contribution is -2.68. The second-order valence-corrected chi connectivity index (χ2v) is 7.15. The van der Waals surface area contributed by atoms with Crippen LogP contribution in [0, 0.1) is 0 Å². The van der Waals surface area contributed by atoms with E-state index in [4.69, 9.17) is 0 Å². The summed E-state index contributed by atoms with van der Waals surface area (Å²) in [6.45, 7) is 3.74. The van der Waals surface area contributed by atoms with E-state index in [1.807, 2.05) is 13.8 Å². The van der Waals surface area contributed by atoms with Gasteiger partial charge in [-0.1, -0.05) is 0 Å². The molecule has 1 aromatic rings. The maximum absolute atomic E-state index is 11.9. The number of carboxylic acids is 1. The first-order chi connectivity index (χ1) is 8.88. The Hall–Kier alpha value is -1.57. The molecule has 1 amide bonds. The minimum absolute atomic E-state index is 0.0366. The van der Waals surface area contributed by atoms with Crippen molar-refractivity contribution in [3.63, 3.8) is 0 Å². The molecule has 102 valence electrons. The average molecular weight is 282 g/mol. The summed E-state index contributed by atoms with van der Waals surface area (Å²) in [6, 6.07) is 0. The van der Waals surface area contributed by atoms with Crippen LogP contribution in [0.4, 0.5) is 0 Å². The molecule has 2 fully saturated rings. The van der Waals surface area contributed by atoms with Gasteiger partial charge in [-0.05, 0) is 13.8 Å². The van der Waals surface area contributed by atoms with Crippen LogP contribution in [0.3, 0.4) is 0 Å². The largest absolute Gasteiger partial charge is 0.479 e. The number of β-lactam (4-membered cyclic amide) rings is 1. The number of nitrogens with one attached hydrogen (secondary N) is 1. The van der Waals surface area contributed by atoms with Crippen LogP contribution in [0.5, 0.6) is 0 Å². The van der Waals surface area contributed by atoms with Gasteiger partial charge in [0.15, 0.2) is 5.54 Å². The van der Waals surface area contributed by atoms with Crippen molar-refractivity contribution in [2.24, 2.45) is 0 Å². The molecule has 0 radical (unpaired) electrons. The fourth-order valence-corrected chi connectivity index (χ4v) is 4.74. The second-order valence-electron chi connectivity index (χ2n) is 5.35. The van der Waals surface area contributed by atoms with Gasteiger partial charge in [0.2, 0.25) is 5.91 Å². The van der Waals surface area contributed by atoms with Crippen molar-refractivity contribution in [2.75, 3.05) is 0 Å². The number of carboxylic acid groups (broad SMARTS) is 1. The Balaban J connectivity index is 2.07. The zero-order valence-electron chi connectivity index (χ0n) is 10.6. The standard InChI is InChI=1S/C11H14N4O3S/c1-10(2)11(9(17)18,4-6-5-12-14-13-6)15-7(16)3-8(15)19-10/h5,8H,3-4H2,1-2H3,(H,17,18)(H,12,13,14)/t8-,11+/m1/s1. The average Bonchev–Trinajstić information content (AvgIpc) is 2.84. The van der Waals surface area contributed by atoms with Crippen molar-refractivity contribution >= 4 is 23.6 Å². The predicted molar refractivity (Wildman–Crippen MR) is 67.4 cm³/mol. The summed E-state index contributed by atoms with van der Waals surface area (Å²) in [7, 11) is 0. The van der Waals surface area contributed by atoms with Crippen LogP contribution in [0.1, 0.15) is 26.0 Å². The maximum Gasteiger partial charge on any atom is 0.331 e. The Morgan fingerprint density at radius 3 is 2.95 bits per heavy atom. The Kier molecular flexibility index (Phi) is 2.44. The first kappa shape index (κ1) is 12.5. The van der Waals surface area contributed by atoms with E-state index in [9.17, 15) is 14.7 Å². The van der Waals surface area contributed by atoms with E-state index < -0.39 is 16.3 Å². The first-order valence-electron chi connectivity index (χ1n) is 5.96. The van der Waals surface area contributed by atoms with Crippen LogP contribution in [-0.2, 0) is 16.0 Å². The number of aromatic amines is 1. The van der Waals surface area contributed by atoms with E-state index in [-0.39, 0.29) is 17.7 Å². The maximum atomic E-state index is 11.9. The number of carbonyl (C=O) groups excluding carboxylic acids is 1. The highest BCUT2D eigenvalue weighted by Crippen LogP contribution is 2.57. The van der Waals surface area contributed by atoms with Gasteiger partial charge in [0.25, 0.3) is 0 Å². The van der Waals surface area contributed by atoms with Gasteiger partial charge in [0, 0.05) is 11.2 Å². The topological polar surface area (TPSA) is 99.2 Å². The number of nitrogens with zero attached hydrogens (tertiary/aromatic N) is 3. The Labute approximate surface area is 113 Å². The number of carbonyl (C=O) groups is 2. The second kappa shape index (κ2) is 3.72. The SMILES string of the molecule is CC1(C)S[C@@H]2CC(=O)N2[C@@]1(Cc1cn[nH]n1)C(=O)O. The number of aliphatic carboxylic acids is 1. The first-order valence-corrected chi connectivity index (χ1v) is 6.84. The zero-order chi connectivity index (χ0) is 13.8. The number of thioether (sulfide) groups is 1. The summed E-state index contributed by atoms with van der Waals surface area (Å²) in [5.41, 5.74) is -0.703. The van der Waals surface area contributed by atoms with E-state index in [1.54, 1.807) is 11.8 Å². The summed E-state index contributed by atoms with van der Waals surface area (Å²) in [5, 5.41) is 19.9. The Morgan fingerprint density at radius 1 is 1.68 bits per heavy atom. The van der Waals surface area contributed by atoms with E-state index >= 15 is 0 Å². The van der Waals surface area contributed by atoms with Crippen LogP contribution in [0.25, 0.3) is 0 Å². The molecule has 1 aromatic heterocycles. The lowest BCUT2D eigenvalue weighted by atomic mass is 9.78. The lowest BCUT2D eigenvalue weighted by molar-refractivity contribution is -0.168. The summed E-state index contributed by atoms with van der Waals surface area (Å²) in [6.07, 6.45) is 2.09.